The smallest absolute Gasteiger partial charge is 0.410 e. The van der Waals surface area contributed by atoms with Crippen LogP contribution in [0.1, 0.15) is 59.9 Å². The number of hydrogen-bond acceptors (Lipinski definition) is 7. The van der Waals surface area contributed by atoms with Gasteiger partial charge in [0.15, 0.2) is 9.84 Å². The number of sulfone groups is 1. The summed E-state index contributed by atoms with van der Waals surface area (Å²) in [5, 5.41) is 0. The Hall–Kier alpha value is -2.29. The highest BCUT2D eigenvalue weighted by Gasteiger charge is 2.49. The Morgan fingerprint density at radius 3 is 2.03 bits per heavy atom. The summed E-state index contributed by atoms with van der Waals surface area (Å²) in [7, 11) is -2.33. The second kappa shape index (κ2) is 9.29. The normalized spacial score (nSPS) is 21.4. The molecule has 0 saturated carbocycles. The Morgan fingerprint density at radius 1 is 0.969 bits per heavy atom. The quantitative estimate of drug-likeness (QED) is 0.620. The van der Waals surface area contributed by atoms with Crippen molar-refractivity contribution in [1.29, 1.82) is 0 Å². The molecule has 0 aliphatic carbocycles. The third kappa shape index (κ3) is 6.37. The molecule has 0 N–H and O–H groups in total. The molecule has 1 unspecified atom stereocenters. The van der Waals surface area contributed by atoms with E-state index in [4.69, 9.17) is 14.2 Å². The van der Waals surface area contributed by atoms with Gasteiger partial charge in [0.25, 0.3) is 0 Å². The van der Waals surface area contributed by atoms with Crippen LogP contribution in [0.4, 0.5) is 4.79 Å². The number of ether oxygens (including phenoxy) is 3. The maximum Gasteiger partial charge on any atom is 0.410 e. The van der Waals surface area contributed by atoms with Crippen LogP contribution < -0.4 is 4.74 Å². The van der Waals surface area contributed by atoms with Crippen molar-refractivity contribution in [3.63, 3.8) is 0 Å². The Labute approximate surface area is 191 Å². The summed E-state index contributed by atoms with van der Waals surface area (Å²) in [6.07, 6.45) is -0.878. The fourth-order valence-electron chi connectivity index (χ4n) is 3.65. The molecule has 32 heavy (non-hydrogen) atoms. The highest BCUT2D eigenvalue weighted by atomic mass is 32.2. The lowest BCUT2D eigenvalue weighted by molar-refractivity contribution is -0.155. The average molecular weight is 470 g/mol. The molecular formula is C23H35NO7S. The summed E-state index contributed by atoms with van der Waals surface area (Å²) in [6, 6.07) is 6.64. The van der Waals surface area contributed by atoms with Crippen LogP contribution >= 0.6 is 0 Å². The number of benzene rings is 1. The molecule has 180 valence electrons. The lowest BCUT2D eigenvalue weighted by atomic mass is 9.90. The number of nitrogens with zero attached hydrogens (tertiary/aromatic N) is 1. The lowest BCUT2D eigenvalue weighted by Gasteiger charge is -2.33. The third-order valence-electron chi connectivity index (χ3n) is 5.13. The summed E-state index contributed by atoms with van der Waals surface area (Å²) in [5.41, 5.74) is -0.989. The Kier molecular flexibility index (Phi) is 7.54. The first-order valence-electron chi connectivity index (χ1n) is 10.7. The molecule has 1 aromatic rings. The van der Waals surface area contributed by atoms with Crippen molar-refractivity contribution in [3.8, 4) is 5.75 Å². The van der Waals surface area contributed by atoms with Crippen LogP contribution in [0.2, 0.25) is 0 Å². The van der Waals surface area contributed by atoms with Gasteiger partial charge in [0, 0.05) is 13.1 Å². The zero-order valence-corrected chi connectivity index (χ0v) is 20.9. The van der Waals surface area contributed by atoms with Crippen molar-refractivity contribution < 1.29 is 32.2 Å². The van der Waals surface area contributed by atoms with E-state index >= 15 is 0 Å². The molecule has 1 heterocycles. The lowest BCUT2D eigenvalue weighted by Crippen LogP contribution is -2.41. The van der Waals surface area contributed by atoms with Crippen molar-refractivity contribution in [1.82, 2.24) is 4.90 Å². The van der Waals surface area contributed by atoms with Gasteiger partial charge in [0.1, 0.15) is 21.7 Å². The number of esters is 1. The number of carbonyl (C=O) groups is 2. The summed E-state index contributed by atoms with van der Waals surface area (Å²) in [4.78, 5) is 26.8. The third-order valence-corrected chi connectivity index (χ3v) is 7.62. The van der Waals surface area contributed by atoms with Crippen molar-refractivity contribution in [3.05, 3.63) is 29.8 Å². The molecule has 1 aromatic carbocycles. The van der Waals surface area contributed by atoms with E-state index in [0.717, 1.165) is 0 Å². The van der Waals surface area contributed by atoms with Gasteiger partial charge in [0.2, 0.25) is 0 Å². The number of methoxy groups -OCH3 is 1. The first-order chi connectivity index (χ1) is 14.6. The minimum atomic E-state index is -3.85. The van der Waals surface area contributed by atoms with E-state index in [2.05, 4.69) is 0 Å². The number of carbonyl (C=O) groups excluding carboxylic acids is 2. The molecule has 2 rings (SSSR count). The SMILES string of the molecule is COc1ccc(C2(CC(=O)OC(C)(C)C)CCN(C(=O)OC(C)(C)C)CCS2(=O)=O)cc1. The van der Waals surface area contributed by atoms with Gasteiger partial charge in [-0.1, -0.05) is 12.1 Å². The molecule has 1 atom stereocenters. The van der Waals surface area contributed by atoms with E-state index in [1.165, 1.54) is 12.0 Å². The fourth-order valence-corrected chi connectivity index (χ4v) is 5.73. The molecule has 1 saturated heterocycles. The maximum absolute atomic E-state index is 13.6. The summed E-state index contributed by atoms with van der Waals surface area (Å²) in [6.45, 7) is 10.6. The minimum absolute atomic E-state index is 0.0104. The summed E-state index contributed by atoms with van der Waals surface area (Å²) >= 11 is 0. The monoisotopic (exact) mass is 469 g/mol. The first-order valence-corrected chi connectivity index (χ1v) is 12.3. The van der Waals surface area contributed by atoms with E-state index in [-0.39, 0.29) is 31.7 Å². The van der Waals surface area contributed by atoms with Gasteiger partial charge >= 0.3 is 12.1 Å². The van der Waals surface area contributed by atoms with Crippen LogP contribution in [-0.2, 0) is 28.9 Å². The second-order valence-electron chi connectivity index (χ2n) is 10.0. The van der Waals surface area contributed by atoms with Crippen LogP contribution in [0.15, 0.2) is 24.3 Å². The average Bonchev–Trinajstić information content (AvgIpc) is 2.76. The van der Waals surface area contributed by atoms with Gasteiger partial charge in [0.05, 0.1) is 19.3 Å². The molecule has 9 heteroatoms. The van der Waals surface area contributed by atoms with Crippen LogP contribution in [0.5, 0.6) is 5.75 Å². The highest BCUT2D eigenvalue weighted by molar-refractivity contribution is 7.92. The zero-order valence-electron chi connectivity index (χ0n) is 20.1. The van der Waals surface area contributed by atoms with Gasteiger partial charge in [-0.15, -0.1) is 0 Å². The van der Waals surface area contributed by atoms with Gasteiger partial charge in [-0.3, -0.25) is 4.79 Å². The van der Waals surface area contributed by atoms with Gasteiger partial charge in [-0.05, 0) is 65.7 Å². The van der Waals surface area contributed by atoms with E-state index in [0.29, 0.717) is 11.3 Å². The van der Waals surface area contributed by atoms with Crippen LogP contribution in [0, 0.1) is 0 Å². The van der Waals surface area contributed by atoms with Gasteiger partial charge in [-0.2, -0.15) is 0 Å². The molecule has 0 bridgehead atoms. The number of amides is 1. The Morgan fingerprint density at radius 2 is 1.53 bits per heavy atom. The second-order valence-corrected chi connectivity index (χ2v) is 12.4. The van der Waals surface area contributed by atoms with Crippen LogP contribution in [0.25, 0.3) is 0 Å². The standard InChI is InChI=1S/C23H35NO7S/c1-21(2,3)30-19(25)16-23(17-8-10-18(29-7)11-9-17)12-13-24(14-15-32(23,27)28)20(26)31-22(4,5)6/h8-11H,12-16H2,1-7H3. The van der Waals surface area contributed by atoms with E-state index in [9.17, 15) is 18.0 Å². The fraction of sp³-hybridized carbons (Fsp3) is 0.652. The summed E-state index contributed by atoms with van der Waals surface area (Å²) < 4.78 is 41.8. The molecule has 0 spiro atoms. The van der Waals surface area contributed by atoms with Crippen molar-refractivity contribution in [2.75, 3.05) is 26.0 Å². The van der Waals surface area contributed by atoms with Gasteiger partial charge < -0.3 is 19.1 Å². The largest absolute Gasteiger partial charge is 0.497 e. The van der Waals surface area contributed by atoms with E-state index in [1.807, 2.05) is 0 Å². The predicted octanol–water partition coefficient (Wildman–Crippen LogP) is 3.68. The highest BCUT2D eigenvalue weighted by Crippen LogP contribution is 2.41. The molecule has 8 nitrogen and oxygen atoms in total. The topological polar surface area (TPSA) is 99.2 Å². The molecule has 1 amide bonds. The van der Waals surface area contributed by atoms with Crippen molar-refractivity contribution in [2.24, 2.45) is 0 Å². The maximum atomic E-state index is 13.6. The summed E-state index contributed by atoms with van der Waals surface area (Å²) in [5.74, 6) is -0.327. The molecule has 0 aromatic heterocycles. The Bertz CT molecular complexity index is 927. The first kappa shape index (κ1) is 26.0. The molecule has 0 radical (unpaired) electrons. The Balaban J connectivity index is 2.47. The van der Waals surface area contributed by atoms with Crippen LogP contribution in [0.3, 0.4) is 0 Å². The zero-order chi connectivity index (χ0) is 24.4. The van der Waals surface area contributed by atoms with Crippen molar-refractivity contribution >= 4 is 21.9 Å². The molecule has 1 aliphatic rings. The van der Waals surface area contributed by atoms with Crippen molar-refractivity contribution in [2.45, 2.75) is 70.3 Å². The van der Waals surface area contributed by atoms with Crippen LogP contribution in [-0.4, -0.2) is 62.5 Å². The van der Waals surface area contributed by atoms with E-state index < -0.39 is 37.8 Å². The number of rotatable bonds is 4. The molecule has 1 fully saturated rings. The minimum Gasteiger partial charge on any atom is -0.497 e. The van der Waals surface area contributed by atoms with Gasteiger partial charge in [-0.25, -0.2) is 13.2 Å². The predicted molar refractivity (Wildman–Crippen MR) is 121 cm³/mol. The molecular weight excluding hydrogens is 434 g/mol. The number of hydrogen-bond donors (Lipinski definition) is 0. The van der Waals surface area contributed by atoms with E-state index in [1.54, 1.807) is 65.8 Å². The molecule has 1 aliphatic heterocycles.